The number of nitrogens with zero attached hydrogens (tertiary/aromatic N) is 4. The molecule has 8 nitrogen and oxygen atoms in total. The smallest absolute Gasteiger partial charge is 0.420 e. The number of carbonyl (C=O) groups excluding carboxylic acids is 2. The highest BCUT2D eigenvalue weighted by Gasteiger charge is 2.25. The van der Waals surface area contributed by atoms with E-state index in [4.69, 9.17) is 4.74 Å². The molecule has 0 radical (unpaired) electrons. The molecule has 0 spiro atoms. The fourth-order valence-corrected chi connectivity index (χ4v) is 4.16. The molecule has 0 bridgehead atoms. The molecule has 1 aromatic carbocycles. The fraction of sp³-hybridized carbons (Fsp3) is 0.259. The number of carbonyl (C=O) groups is 2. The minimum Gasteiger partial charge on any atom is -0.443 e. The van der Waals surface area contributed by atoms with Gasteiger partial charge in [0.05, 0.1) is 12.2 Å². The maximum Gasteiger partial charge on any atom is 0.420 e. The molecule has 1 amide bonds. The fourth-order valence-electron chi connectivity index (χ4n) is 3.88. The Bertz CT molecular complexity index is 1570. The predicted molar refractivity (Wildman–Crippen MR) is 143 cm³/mol. The number of hydrogen-bond donors (Lipinski definition) is 0. The van der Waals surface area contributed by atoms with E-state index in [-0.39, 0.29) is 12.2 Å². The van der Waals surface area contributed by atoms with E-state index < -0.39 is 29.0 Å². The highest BCUT2D eigenvalue weighted by atomic mass is 79.9. The molecule has 3 heterocycles. The second-order valence-corrected chi connectivity index (χ2v) is 10.4. The Balaban J connectivity index is 1.82. The monoisotopic (exact) mass is 568 g/mol. The first kappa shape index (κ1) is 26.3. The molecule has 0 aliphatic carbocycles. The Kier molecular flexibility index (Phi) is 7.05. The van der Waals surface area contributed by atoms with E-state index in [1.807, 2.05) is 13.0 Å². The standard InChI is InChI=1S/C27H26BrFN4O4/c1-16-13-17-14-20(33(24(17)30-23(16)28)26(36)37-27(2,3)4)15-32-21(7-6-8-22(32)34)25(35)31(5)19-11-9-18(29)10-12-19/h6-14H,15H2,1-5H3. The minimum atomic E-state index is -0.768. The van der Waals surface area contributed by atoms with Crippen molar-refractivity contribution in [2.75, 3.05) is 11.9 Å². The van der Waals surface area contributed by atoms with E-state index in [1.54, 1.807) is 33.9 Å². The first-order chi connectivity index (χ1) is 17.4. The van der Waals surface area contributed by atoms with Crippen LogP contribution in [0.2, 0.25) is 0 Å². The number of aryl methyl sites for hydroxylation is 1. The van der Waals surface area contributed by atoms with Gasteiger partial charge in [0.15, 0.2) is 5.65 Å². The van der Waals surface area contributed by atoms with Crippen LogP contribution in [0.25, 0.3) is 11.0 Å². The highest BCUT2D eigenvalue weighted by molar-refractivity contribution is 9.10. The molecule has 0 unspecified atom stereocenters. The largest absolute Gasteiger partial charge is 0.443 e. The summed E-state index contributed by atoms with van der Waals surface area (Å²) in [5.74, 6) is -0.896. The van der Waals surface area contributed by atoms with Gasteiger partial charge in [0.25, 0.3) is 11.5 Å². The summed E-state index contributed by atoms with van der Waals surface area (Å²) in [4.78, 5) is 45.5. The maximum absolute atomic E-state index is 13.4. The third-order valence-corrected chi connectivity index (χ3v) is 6.47. The Morgan fingerprint density at radius 3 is 2.43 bits per heavy atom. The zero-order valence-corrected chi connectivity index (χ0v) is 22.7. The molecular weight excluding hydrogens is 543 g/mol. The summed E-state index contributed by atoms with van der Waals surface area (Å²) in [5, 5.41) is 0.682. The number of fused-ring (bicyclic) bond motifs is 1. The van der Waals surface area contributed by atoms with Crippen LogP contribution in [-0.2, 0) is 11.3 Å². The van der Waals surface area contributed by atoms with Gasteiger partial charge in [-0.25, -0.2) is 18.7 Å². The zero-order chi connectivity index (χ0) is 27.1. The van der Waals surface area contributed by atoms with E-state index in [2.05, 4.69) is 20.9 Å². The van der Waals surface area contributed by atoms with Gasteiger partial charge < -0.3 is 9.64 Å². The molecule has 37 heavy (non-hydrogen) atoms. The normalized spacial score (nSPS) is 11.5. The predicted octanol–water partition coefficient (Wildman–Crippen LogP) is 5.52. The minimum absolute atomic E-state index is 0.0930. The number of rotatable bonds is 4. The van der Waals surface area contributed by atoms with Crippen molar-refractivity contribution in [2.24, 2.45) is 0 Å². The molecule has 3 aromatic heterocycles. The maximum atomic E-state index is 13.4. The topological polar surface area (TPSA) is 86.4 Å². The van der Waals surface area contributed by atoms with E-state index >= 15 is 0 Å². The first-order valence-corrected chi connectivity index (χ1v) is 12.3. The lowest BCUT2D eigenvalue weighted by molar-refractivity contribution is 0.0539. The van der Waals surface area contributed by atoms with Gasteiger partial charge in [-0.15, -0.1) is 0 Å². The summed E-state index contributed by atoms with van der Waals surface area (Å²) in [6.45, 7) is 7.06. The van der Waals surface area contributed by atoms with Gasteiger partial charge in [0.1, 0.15) is 21.7 Å². The van der Waals surface area contributed by atoms with Gasteiger partial charge in [0.2, 0.25) is 0 Å². The van der Waals surface area contributed by atoms with Crippen LogP contribution < -0.4 is 10.5 Å². The summed E-state index contributed by atoms with van der Waals surface area (Å²) in [6, 6.07) is 13.5. The van der Waals surface area contributed by atoms with Crippen molar-refractivity contribution in [3.05, 3.63) is 92.3 Å². The van der Waals surface area contributed by atoms with Crippen LogP contribution in [0.4, 0.5) is 14.9 Å². The van der Waals surface area contributed by atoms with Crippen molar-refractivity contribution < 1.29 is 18.7 Å². The second kappa shape index (κ2) is 9.93. The molecule has 0 aliphatic heterocycles. The molecule has 0 fully saturated rings. The first-order valence-electron chi connectivity index (χ1n) is 11.5. The third-order valence-electron chi connectivity index (χ3n) is 5.66. The van der Waals surface area contributed by atoms with Gasteiger partial charge in [0, 0.05) is 24.2 Å². The lowest BCUT2D eigenvalue weighted by atomic mass is 10.2. The van der Waals surface area contributed by atoms with Crippen LogP contribution in [0.15, 0.2) is 64.0 Å². The lowest BCUT2D eigenvalue weighted by Gasteiger charge is -2.22. The quantitative estimate of drug-likeness (QED) is 0.303. The molecule has 10 heteroatoms. The van der Waals surface area contributed by atoms with Crippen LogP contribution in [-0.4, -0.2) is 38.8 Å². The van der Waals surface area contributed by atoms with Gasteiger partial charge in [-0.1, -0.05) is 6.07 Å². The number of aromatic nitrogens is 3. The summed E-state index contributed by atoms with van der Waals surface area (Å²) >= 11 is 3.42. The van der Waals surface area contributed by atoms with Gasteiger partial charge in [-0.05, 0) is 91.7 Å². The molecule has 192 valence electrons. The van der Waals surface area contributed by atoms with Gasteiger partial charge >= 0.3 is 6.09 Å². The summed E-state index contributed by atoms with van der Waals surface area (Å²) in [5.41, 5.74) is 1.02. The van der Waals surface area contributed by atoms with Crippen LogP contribution in [0, 0.1) is 12.7 Å². The number of pyridine rings is 2. The Hall–Kier alpha value is -3.79. The SMILES string of the molecule is Cc1cc2cc(Cn3c(C(=O)N(C)c4ccc(F)cc4)cccc3=O)n(C(=O)OC(C)(C)C)c2nc1Br. The number of hydrogen-bond acceptors (Lipinski definition) is 5. The van der Waals surface area contributed by atoms with E-state index in [1.165, 1.54) is 56.5 Å². The van der Waals surface area contributed by atoms with Crippen LogP contribution >= 0.6 is 15.9 Å². The zero-order valence-electron chi connectivity index (χ0n) is 21.1. The average molecular weight is 569 g/mol. The average Bonchev–Trinajstić information content (AvgIpc) is 3.15. The summed E-state index contributed by atoms with van der Waals surface area (Å²) in [6.07, 6.45) is -0.652. The third kappa shape index (κ3) is 5.48. The van der Waals surface area contributed by atoms with Crippen molar-refractivity contribution in [3.8, 4) is 0 Å². The van der Waals surface area contributed by atoms with Crippen molar-refractivity contribution in [1.29, 1.82) is 0 Å². The Morgan fingerprint density at radius 1 is 1.11 bits per heavy atom. The number of benzene rings is 1. The number of ether oxygens (including phenoxy) is 1. The van der Waals surface area contributed by atoms with Crippen molar-refractivity contribution in [2.45, 2.75) is 39.8 Å². The molecule has 0 saturated carbocycles. The van der Waals surface area contributed by atoms with Crippen LogP contribution in [0.3, 0.4) is 0 Å². The van der Waals surface area contributed by atoms with Gasteiger partial charge in [-0.3, -0.25) is 14.2 Å². The summed E-state index contributed by atoms with van der Waals surface area (Å²) < 4.78 is 22.2. The Labute approximate surface area is 221 Å². The highest BCUT2D eigenvalue weighted by Crippen LogP contribution is 2.26. The Morgan fingerprint density at radius 2 is 1.78 bits per heavy atom. The van der Waals surface area contributed by atoms with E-state index in [0.29, 0.717) is 27.0 Å². The number of amides is 1. The molecule has 4 aromatic rings. The van der Waals surface area contributed by atoms with Gasteiger partial charge in [-0.2, -0.15) is 0 Å². The molecule has 0 atom stereocenters. The molecule has 4 rings (SSSR count). The van der Waals surface area contributed by atoms with Crippen molar-refractivity contribution in [1.82, 2.24) is 14.1 Å². The molecule has 0 saturated heterocycles. The van der Waals surface area contributed by atoms with Crippen LogP contribution in [0.5, 0.6) is 0 Å². The molecular formula is C27H26BrFN4O4. The molecule has 0 aliphatic rings. The number of anilines is 1. The van der Waals surface area contributed by atoms with E-state index in [0.717, 1.165) is 5.56 Å². The van der Waals surface area contributed by atoms with Crippen molar-refractivity contribution >= 4 is 44.7 Å². The van der Waals surface area contributed by atoms with Crippen LogP contribution in [0.1, 0.15) is 42.5 Å². The summed E-state index contributed by atoms with van der Waals surface area (Å²) in [7, 11) is 1.54. The lowest BCUT2D eigenvalue weighted by Crippen LogP contribution is -2.34. The van der Waals surface area contributed by atoms with Crippen molar-refractivity contribution in [3.63, 3.8) is 0 Å². The van der Waals surface area contributed by atoms with E-state index in [9.17, 15) is 18.8 Å². The second-order valence-electron chi connectivity index (χ2n) is 9.64. The molecule has 0 N–H and O–H groups in total. The number of halogens is 2.